The van der Waals surface area contributed by atoms with Crippen molar-refractivity contribution in [3.05, 3.63) is 29.8 Å². The van der Waals surface area contributed by atoms with Gasteiger partial charge in [-0.05, 0) is 31.5 Å². The Balaban J connectivity index is 2.68. The Labute approximate surface area is 89.2 Å². The van der Waals surface area contributed by atoms with Crippen LogP contribution >= 0.6 is 0 Å². The lowest BCUT2D eigenvalue weighted by Gasteiger charge is -2.12. The molecule has 1 unspecified atom stereocenters. The normalized spacial score (nSPS) is 14.3. The van der Waals surface area contributed by atoms with Crippen molar-refractivity contribution in [2.45, 2.75) is 26.0 Å². The first-order valence-electron chi connectivity index (χ1n) is 4.82. The third-order valence-corrected chi connectivity index (χ3v) is 2.12. The lowest BCUT2D eigenvalue weighted by molar-refractivity contribution is -0.123. The van der Waals surface area contributed by atoms with Gasteiger partial charge in [-0.25, -0.2) is 0 Å². The zero-order valence-corrected chi connectivity index (χ0v) is 8.94. The zero-order chi connectivity index (χ0) is 11.4. The molecule has 2 atom stereocenters. The van der Waals surface area contributed by atoms with Gasteiger partial charge in [-0.1, -0.05) is 12.1 Å². The minimum Gasteiger partial charge on any atom is -0.481 e. The molecule has 82 valence electrons. The van der Waals surface area contributed by atoms with Gasteiger partial charge in [0.05, 0.1) is 0 Å². The van der Waals surface area contributed by atoms with Crippen LogP contribution in [0.2, 0.25) is 0 Å². The van der Waals surface area contributed by atoms with Crippen molar-refractivity contribution in [3.63, 3.8) is 0 Å². The molecule has 0 fully saturated rings. The molecule has 0 aromatic heterocycles. The molecule has 0 bridgehead atoms. The van der Waals surface area contributed by atoms with Gasteiger partial charge in [0.15, 0.2) is 6.10 Å². The van der Waals surface area contributed by atoms with Crippen LogP contribution in [0.4, 0.5) is 0 Å². The first-order valence-corrected chi connectivity index (χ1v) is 4.82. The number of amides is 1. The third kappa shape index (κ3) is 3.25. The molecule has 0 saturated heterocycles. The summed E-state index contributed by atoms with van der Waals surface area (Å²) in [4.78, 5) is 10.8. The Morgan fingerprint density at radius 3 is 2.20 bits per heavy atom. The second kappa shape index (κ2) is 4.79. The van der Waals surface area contributed by atoms with E-state index in [9.17, 15) is 4.79 Å². The van der Waals surface area contributed by atoms with Gasteiger partial charge in [0.2, 0.25) is 0 Å². The molecule has 4 heteroatoms. The Hall–Kier alpha value is -1.55. The van der Waals surface area contributed by atoms with Crippen LogP contribution in [0.5, 0.6) is 5.75 Å². The van der Waals surface area contributed by atoms with Gasteiger partial charge in [-0.3, -0.25) is 4.79 Å². The Morgan fingerprint density at radius 2 is 1.80 bits per heavy atom. The van der Waals surface area contributed by atoms with Crippen LogP contribution in [0.3, 0.4) is 0 Å². The van der Waals surface area contributed by atoms with Crippen molar-refractivity contribution in [2.24, 2.45) is 11.5 Å². The molecule has 0 aliphatic carbocycles. The van der Waals surface area contributed by atoms with Crippen LogP contribution in [0.25, 0.3) is 0 Å². The molecular weight excluding hydrogens is 192 g/mol. The van der Waals surface area contributed by atoms with Crippen molar-refractivity contribution in [3.8, 4) is 5.75 Å². The number of carbonyl (C=O) groups excluding carboxylic acids is 1. The van der Waals surface area contributed by atoms with Crippen molar-refractivity contribution in [1.29, 1.82) is 0 Å². The fourth-order valence-electron chi connectivity index (χ4n) is 1.11. The molecule has 0 radical (unpaired) electrons. The summed E-state index contributed by atoms with van der Waals surface area (Å²) in [5.74, 6) is 0.136. The molecule has 4 nitrogen and oxygen atoms in total. The van der Waals surface area contributed by atoms with E-state index < -0.39 is 12.0 Å². The molecule has 15 heavy (non-hydrogen) atoms. The van der Waals surface area contributed by atoms with Crippen LogP contribution in [0.15, 0.2) is 24.3 Å². The van der Waals surface area contributed by atoms with Crippen molar-refractivity contribution < 1.29 is 9.53 Å². The van der Waals surface area contributed by atoms with Crippen LogP contribution in [0, 0.1) is 0 Å². The molecule has 1 amide bonds. The molecule has 0 saturated carbocycles. The minimum absolute atomic E-state index is 0.00684. The average Bonchev–Trinajstić information content (AvgIpc) is 2.18. The number of carbonyl (C=O) groups is 1. The van der Waals surface area contributed by atoms with E-state index in [1.54, 1.807) is 19.1 Å². The van der Waals surface area contributed by atoms with Crippen LogP contribution < -0.4 is 16.2 Å². The van der Waals surface area contributed by atoms with E-state index in [1.807, 2.05) is 19.1 Å². The summed E-state index contributed by atoms with van der Waals surface area (Å²) in [6.07, 6.45) is -0.619. The second-order valence-electron chi connectivity index (χ2n) is 3.52. The summed E-state index contributed by atoms with van der Waals surface area (Å²) in [7, 11) is 0. The van der Waals surface area contributed by atoms with E-state index in [0.29, 0.717) is 5.75 Å². The zero-order valence-electron chi connectivity index (χ0n) is 8.94. The maximum atomic E-state index is 10.8. The van der Waals surface area contributed by atoms with Gasteiger partial charge in [0.25, 0.3) is 5.91 Å². The average molecular weight is 208 g/mol. The second-order valence-corrected chi connectivity index (χ2v) is 3.52. The van der Waals surface area contributed by atoms with Gasteiger partial charge < -0.3 is 16.2 Å². The largest absolute Gasteiger partial charge is 0.481 e. The predicted molar refractivity (Wildman–Crippen MR) is 58.3 cm³/mol. The Kier molecular flexibility index (Phi) is 3.68. The van der Waals surface area contributed by atoms with E-state index in [-0.39, 0.29) is 6.04 Å². The maximum absolute atomic E-state index is 10.8. The number of nitrogens with two attached hydrogens (primary N) is 2. The van der Waals surface area contributed by atoms with Crippen LogP contribution in [-0.2, 0) is 4.79 Å². The number of ether oxygens (including phenoxy) is 1. The fraction of sp³-hybridized carbons (Fsp3) is 0.364. The van der Waals surface area contributed by atoms with E-state index in [1.165, 1.54) is 0 Å². The van der Waals surface area contributed by atoms with Gasteiger partial charge in [0.1, 0.15) is 5.75 Å². The summed E-state index contributed by atoms with van der Waals surface area (Å²) >= 11 is 0. The van der Waals surface area contributed by atoms with E-state index in [2.05, 4.69) is 0 Å². The van der Waals surface area contributed by atoms with Gasteiger partial charge >= 0.3 is 0 Å². The van der Waals surface area contributed by atoms with E-state index >= 15 is 0 Å². The topological polar surface area (TPSA) is 78.3 Å². The van der Waals surface area contributed by atoms with Gasteiger partial charge in [-0.2, -0.15) is 0 Å². The van der Waals surface area contributed by atoms with Gasteiger partial charge in [0, 0.05) is 6.04 Å². The first kappa shape index (κ1) is 11.5. The van der Waals surface area contributed by atoms with E-state index in [4.69, 9.17) is 16.2 Å². The predicted octanol–water partition coefficient (Wildman–Crippen LogP) is 0.959. The smallest absolute Gasteiger partial charge is 0.258 e. The standard InChI is InChI=1S/C11H16N2O2/c1-7(12)9-3-5-10(6-4-9)15-8(2)11(13)14/h3-8H,12H2,1-2H3,(H2,13,14)/t7-,8?/m0/s1. The molecule has 0 spiro atoms. The highest BCUT2D eigenvalue weighted by Gasteiger charge is 2.09. The molecule has 1 rings (SSSR count). The minimum atomic E-state index is -0.619. The highest BCUT2D eigenvalue weighted by Crippen LogP contribution is 2.16. The lowest BCUT2D eigenvalue weighted by atomic mass is 10.1. The summed E-state index contributed by atoms with van der Waals surface area (Å²) in [5.41, 5.74) is 11.8. The number of hydrogen-bond acceptors (Lipinski definition) is 3. The Bertz CT molecular complexity index is 333. The van der Waals surface area contributed by atoms with Crippen molar-refractivity contribution in [2.75, 3.05) is 0 Å². The summed E-state index contributed by atoms with van der Waals surface area (Å²) in [5, 5.41) is 0. The lowest BCUT2D eigenvalue weighted by Crippen LogP contribution is -2.30. The fourth-order valence-corrected chi connectivity index (χ4v) is 1.11. The summed E-state index contributed by atoms with van der Waals surface area (Å²) in [6.45, 7) is 3.52. The molecular formula is C11H16N2O2. The molecule has 4 N–H and O–H groups in total. The Morgan fingerprint density at radius 1 is 1.27 bits per heavy atom. The molecule has 0 heterocycles. The molecule has 0 aliphatic heterocycles. The van der Waals surface area contributed by atoms with Gasteiger partial charge in [-0.15, -0.1) is 0 Å². The van der Waals surface area contributed by atoms with Crippen LogP contribution in [-0.4, -0.2) is 12.0 Å². The van der Waals surface area contributed by atoms with E-state index in [0.717, 1.165) is 5.56 Å². The number of hydrogen-bond donors (Lipinski definition) is 2. The number of rotatable bonds is 4. The van der Waals surface area contributed by atoms with Crippen molar-refractivity contribution >= 4 is 5.91 Å². The van der Waals surface area contributed by atoms with Crippen LogP contribution in [0.1, 0.15) is 25.5 Å². The summed E-state index contributed by atoms with van der Waals surface area (Å²) in [6, 6.07) is 7.28. The first-order chi connectivity index (χ1) is 7.00. The van der Waals surface area contributed by atoms with Crippen molar-refractivity contribution in [1.82, 2.24) is 0 Å². The third-order valence-electron chi connectivity index (χ3n) is 2.12. The highest BCUT2D eigenvalue weighted by atomic mass is 16.5. The quantitative estimate of drug-likeness (QED) is 0.773. The molecule has 1 aromatic rings. The highest BCUT2D eigenvalue weighted by molar-refractivity contribution is 5.78. The maximum Gasteiger partial charge on any atom is 0.258 e. The monoisotopic (exact) mass is 208 g/mol. The molecule has 0 aliphatic rings. The summed E-state index contributed by atoms with van der Waals surface area (Å²) < 4.78 is 5.30. The number of benzene rings is 1. The SMILES string of the molecule is CC(Oc1ccc([C@H](C)N)cc1)C(N)=O. The number of primary amides is 1. The molecule has 1 aromatic carbocycles.